The van der Waals surface area contributed by atoms with Gasteiger partial charge in [0.1, 0.15) is 4.90 Å². The minimum atomic E-state index is -4.05. The molecule has 0 heterocycles. The van der Waals surface area contributed by atoms with Crippen LogP contribution in [0, 0.1) is 0 Å². The first-order valence-electron chi connectivity index (χ1n) is 5.65. The van der Waals surface area contributed by atoms with Crippen LogP contribution >= 0.6 is 23.2 Å². The molecule has 7 nitrogen and oxygen atoms in total. The Kier molecular flexibility index (Phi) is 5.97. The lowest BCUT2D eigenvalue weighted by Crippen LogP contribution is -2.26. The highest BCUT2D eigenvalue weighted by Gasteiger charge is 2.23. The summed E-state index contributed by atoms with van der Waals surface area (Å²) in [5, 5.41) is 8.44. The molecule has 0 aromatic heterocycles. The summed E-state index contributed by atoms with van der Waals surface area (Å²) in [6, 6.07) is 2.10. The van der Waals surface area contributed by atoms with E-state index in [4.69, 9.17) is 34.0 Å². The topological polar surface area (TPSA) is 127 Å². The number of hydrogen-bond acceptors (Lipinski definition) is 4. The Morgan fingerprint density at radius 1 is 1.29 bits per heavy atom. The fourth-order valence-corrected chi connectivity index (χ4v) is 3.44. The predicted octanol–water partition coefficient (Wildman–Crippen LogP) is 1.24. The lowest BCUT2D eigenvalue weighted by molar-refractivity contribution is -0.118. The molecule has 1 amide bonds. The summed E-state index contributed by atoms with van der Waals surface area (Å²) >= 11 is 11.5. The summed E-state index contributed by atoms with van der Waals surface area (Å²) in [5.74, 6) is -1.95. The van der Waals surface area contributed by atoms with Gasteiger partial charge in [-0.2, -0.15) is 0 Å². The molecule has 0 radical (unpaired) electrons. The number of sulfonamides is 1. The maximum Gasteiger partial charge on any atom is 0.337 e. The molecule has 1 aromatic rings. The molecule has 0 aliphatic carbocycles. The molecule has 0 aliphatic heterocycles. The van der Waals surface area contributed by atoms with E-state index >= 15 is 0 Å². The van der Waals surface area contributed by atoms with E-state index < -0.39 is 37.4 Å². The Morgan fingerprint density at radius 3 is 2.43 bits per heavy atom. The molecule has 0 bridgehead atoms. The number of rotatable bonds is 7. The summed E-state index contributed by atoms with van der Waals surface area (Å²) in [5.41, 5.74) is 4.52. The van der Waals surface area contributed by atoms with E-state index in [0.717, 1.165) is 12.1 Å². The van der Waals surface area contributed by atoms with Crippen molar-refractivity contribution in [1.29, 1.82) is 0 Å². The van der Waals surface area contributed by atoms with E-state index in [-0.39, 0.29) is 24.4 Å². The van der Waals surface area contributed by atoms with Crippen molar-refractivity contribution in [2.75, 3.05) is 6.54 Å². The van der Waals surface area contributed by atoms with Gasteiger partial charge in [-0.05, 0) is 18.6 Å². The Morgan fingerprint density at radius 2 is 1.90 bits per heavy atom. The number of carbonyl (C=O) groups is 2. The largest absolute Gasteiger partial charge is 0.478 e. The lowest BCUT2D eigenvalue weighted by atomic mass is 10.2. The summed E-state index contributed by atoms with van der Waals surface area (Å²) in [4.78, 5) is 21.1. The van der Waals surface area contributed by atoms with Crippen molar-refractivity contribution >= 4 is 45.1 Å². The van der Waals surface area contributed by atoms with Gasteiger partial charge in [0.15, 0.2) is 0 Å². The molecule has 0 saturated carbocycles. The predicted molar refractivity (Wildman–Crippen MR) is 77.0 cm³/mol. The highest BCUT2D eigenvalue weighted by Crippen LogP contribution is 2.29. The second-order valence-electron chi connectivity index (χ2n) is 4.04. The van der Waals surface area contributed by atoms with Crippen LogP contribution in [0.1, 0.15) is 23.2 Å². The molecule has 0 unspecified atom stereocenters. The van der Waals surface area contributed by atoms with Crippen LogP contribution in [0.15, 0.2) is 17.0 Å². The lowest BCUT2D eigenvalue weighted by Gasteiger charge is -2.10. The molecule has 0 fully saturated rings. The summed E-state index contributed by atoms with van der Waals surface area (Å²) in [6.45, 7) is -0.0451. The van der Waals surface area contributed by atoms with Gasteiger partial charge in [-0.3, -0.25) is 4.79 Å². The van der Waals surface area contributed by atoms with Crippen molar-refractivity contribution in [2.24, 2.45) is 5.73 Å². The highest BCUT2D eigenvalue weighted by atomic mass is 35.5. The third-order valence-corrected chi connectivity index (χ3v) is 4.64. The highest BCUT2D eigenvalue weighted by molar-refractivity contribution is 7.89. The molecule has 1 aromatic carbocycles. The van der Waals surface area contributed by atoms with Gasteiger partial charge in [-0.25, -0.2) is 17.9 Å². The molecule has 10 heteroatoms. The number of carboxylic acids is 1. The van der Waals surface area contributed by atoms with Crippen LogP contribution in [0.5, 0.6) is 0 Å². The molecule has 1 rings (SSSR count). The molecule has 0 spiro atoms. The van der Waals surface area contributed by atoms with Gasteiger partial charge in [0.25, 0.3) is 0 Å². The minimum absolute atomic E-state index is 0.0200. The third-order valence-electron chi connectivity index (χ3n) is 2.42. The van der Waals surface area contributed by atoms with Crippen molar-refractivity contribution in [3.05, 3.63) is 27.7 Å². The van der Waals surface area contributed by atoms with Crippen molar-refractivity contribution in [3.8, 4) is 0 Å². The second kappa shape index (κ2) is 7.08. The Hall–Kier alpha value is -1.35. The molecular formula is C11H12Cl2N2O5S. The average Bonchev–Trinajstić information content (AvgIpc) is 2.36. The summed E-state index contributed by atoms with van der Waals surface area (Å²) in [6.07, 6.45) is 0.227. The third kappa shape index (κ3) is 4.85. The van der Waals surface area contributed by atoms with E-state index in [9.17, 15) is 18.0 Å². The molecular weight excluding hydrogens is 343 g/mol. The van der Waals surface area contributed by atoms with Gasteiger partial charge >= 0.3 is 5.97 Å². The van der Waals surface area contributed by atoms with E-state index in [2.05, 4.69) is 4.72 Å². The fourth-order valence-electron chi connectivity index (χ4n) is 1.46. The standard InChI is InChI=1S/C11H12Cl2N2O5S/c12-6-4-7(11(17)18)10(13)8(5-6)21(19,20)15-3-1-2-9(14)16/h4-5,15H,1-3H2,(H2,14,16)(H,17,18). The maximum atomic E-state index is 12.1. The van der Waals surface area contributed by atoms with E-state index in [1.807, 2.05) is 0 Å². The molecule has 0 saturated heterocycles. The first-order valence-corrected chi connectivity index (χ1v) is 7.89. The van der Waals surface area contributed by atoms with Crippen LogP contribution in [-0.4, -0.2) is 31.9 Å². The number of aromatic carboxylic acids is 1. The summed E-state index contributed by atoms with van der Waals surface area (Å²) in [7, 11) is -4.05. The molecule has 21 heavy (non-hydrogen) atoms. The zero-order valence-electron chi connectivity index (χ0n) is 10.6. The molecule has 116 valence electrons. The average molecular weight is 355 g/mol. The van der Waals surface area contributed by atoms with Crippen LogP contribution in [0.25, 0.3) is 0 Å². The van der Waals surface area contributed by atoms with Gasteiger partial charge in [0, 0.05) is 18.0 Å². The molecule has 0 atom stereocenters. The number of amides is 1. The van der Waals surface area contributed by atoms with Gasteiger partial charge in [-0.15, -0.1) is 0 Å². The molecule has 0 aliphatic rings. The Labute approximate surface area is 131 Å². The van der Waals surface area contributed by atoms with E-state index in [1.54, 1.807) is 0 Å². The summed E-state index contributed by atoms with van der Waals surface area (Å²) < 4.78 is 26.3. The number of primary amides is 1. The number of carboxylic acid groups (broad SMARTS) is 1. The number of benzene rings is 1. The number of nitrogens with one attached hydrogen (secondary N) is 1. The monoisotopic (exact) mass is 354 g/mol. The first-order chi connectivity index (χ1) is 9.65. The van der Waals surface area contributed by atoms with Crippen molar-refractivity contribution in [3.63, 3.8) is 0 Å². The van der Waals surface area contributed by atoms with E-state index in [1.165, 1.54) is 0 Å². The quantitative estimate of drug-likeness (QED) is 0.634. The smallest absolute Gasteiger partial charge is 0.337 e. The first kappa shape index (κ1) is 17.7. The zero-order chi connectivity index (χ0) is 16.2. The van der Waals surface area contributed by atoms with Crippen LogP contribution in [-0.2, 0) is 14.8 Å². The van der Waals surface area contributed by atoms with Gasteiger partial charge in [0.2, 0.25) is 15.9 Å². The SMILES string of the molecule is NC(=O)CCCNS(=O)(=O)c1cc(Cl)cc(C(=O)O)c1Cl. The number of nitrogens with two attached hydrogens (primary N) is 1. The van der Waals surface area contributed by atoms with Crippen LogP contribution in [0.3, 0.4) is 0 Å². The normalized spacial score (nSPS) is 11.3. The Balaban J connectivity index is 3.03. The fraction of sp³-hybridized carbons (Fsp3) is 0.273. The zero-order valence-corrected chi connectivity index (χ0v) is 12.9. The van der Waals surface area contributed by atoms with Crippen LogP contribution < -0.4 is 10.5 Å². The van der Waals surface area contributed by atoms with Crippen LogP contribution in [0.4, 0.5) is 0 Å². The van der Waals surface area contributed by atoms with Crippen LogP contribution in [0.2, 0.25) is 10.0 Å². The Bertz CT molecular complexity index is 675. The van der Waals surface area contributed by atoms with Gasteiger partial charge in [0.05, 0.1) is 10.6 Å². The second-order valence-corrected chi connectivity index (χ2v) is 6.59. The van der Waals surface area contributed by atoms with Crippen molar-refractivity contribution < 1.29 is 23.1 Å². The van der Waals surface area contributed by atoms with Crippen molar-refractivity contribution in [1.82, 2.24) is 4.72 Å². The number of halogens is 2. The van der Waals surface area contributed by atoms with Crippen molar-refractivity contribution in [2.45, 2.75) is 17.7 Å². The van der Waals surface area contributed by atoms with Gasteiger partial charge in [-0.1, -0.05) is 23.2 Å². The number of carbonyl (C=O) groups excluding carboxylic acids is 1. The molecule has 4 N–H and O–H groups in total. The maximum absolute atomic E-state index is 12.1. The minimum Gasteiger partial charge on any atom is -0.478 e. The van der Waals surface area contributed by atoms with E-state index in [0.29, 0.717) is 0 Å². The van der Waals surface area contributed by atoms with Gasteiger partial charge < -0.3 is 10.8 Å². The number of hydrogen-bond donors (Lipinski definition) is 3.